The molecule has 21 heavy (non-hydrogen) atoms. The fourth-order valence-electron chi connectivity index (χ4n) is 1.90. The molecule has 0 aromatic heterocycles. The summed E-state index contributed by atoms with van der Waals surface area (Å²) in [5.41, 5.74) is 0.874. The minimum atomic E-state index is -0.631. The average molecular weight is 302 g/mol. The molecular formula is C16H9ClFNO2. The highest BCUT2D eigenvalue weighted by Crippen LogP contribution is 2.23. The molecule has 1 aliphatic heterocycles. The highest BCUT2D eigenvalue weighted by atomic mass is 35.5. The summed E-state index contributed by atoms with van der Waals surface area (Å²) in [6, 6.07) is 13.0. The van der Waals surface area contributed by atoms with Crippen LogP contribution in [-0.2, 0) is 9.53 Å². The molecular weight excluding hydrogens is 293 g/mol. The first-order chi connectivity index (χ1) is 10.1. The summed E-state index contributed by atoms with van der Waals surface area (Å²) >= 11 is 6.02. The predicted molar refractivity (Wildman–Crippen MR) is 78.5 cm³/mol. The Morgan fingerprint density at radius 1 is 1.10 bits per heavy atom. The van der Waals surface area contributed by atoms with Crippen LogP contribution in [0.5, 0.6) is 0 Å². The molecule has 0 saturated carbocycles. The molecule has 0 amide bonds. The van der Waals surface area contributed by atoms with Gasteiger partial charge in [0.1, 0.15) is 5.82 Å². The van der Waals surface area contributed by atoms with E-state index in [1.807, 2.05) is 0 Å². The lowest BCUT2D eigenvalue weighted by Gasteiger charge is -1.99. The lowest BCUT2D eigenvalue weighted by molar-refractivity contribution is -0.129. The van der Waals surface area contributed by atoms with Crippen molar-refractivity contribution in [3.05, 3.63) is 76.2 Å². The Bertz CT molecular complexity index is 783. The van der Waals surface area contributed by atoms with Crippen LogP contribution in [0.3, 0.4) is 0 Å². The molecule has 3 nitrogen and oxygen atoms in total. The number of aliphatic imine (C=N–C) groups is 1. The first-order valence-electron chi connectivity index (χ1n) is 6.17. The minimum absolute atomic E-state index is 0.0450. The highest BCUT2D eigenvalue weighted by Gasteiger charge is 2.25. The number of carbonyl (C=O) groups is 1. The van der Waals surface area contributed by atoms with Crippen molar-refractivity contribution in [3.63, 3.8) is 0 Å². The molecule has 0 spiro atoms. The van der Waals surface area contributed by atoms with E-state index in [2.05, 4.69) is 4.99 Å². The van der Waals surface area contributed by atoms with Crippen LogP contribution >= 0.6 is 11.6 Å². The maximum absolute atomic E-state index is 13.7. The maximum Gasteiger partial charge on any atom is 0.363 e. The van der Waals surface area contributed by atoms with Gasteiger partial charge in [0.05, 0.1) is 5.56 Å². The van der Waals surface area contributed by atoms with Gasteiger partial charge in [-0.25, -0.2) is 14.2 Å². The fraction of sp³-hybridized carbons (Fsp3) is 0. The Hall–Kier alpha value is -2.46. The number of nitrogens with zero attached hydrogens (tertiary/aromatic N) is 1. The molecule has 0 fully saturated rings. The Morgan fingerprint density at radius 2 is 1.81 bits per heavy atom. The molecule has 2 aromatic rings. The van der Waals surface area contributed by atoms with Crippen LogP contribution in [0, 0.1) is 5.82 Å². The average Bonchev–Trinajstić information content (AvgIpc) is 2.83. The van der Waals surface area contributed by atoms with E-state index in [0.29, 0.717) is 10.6 Å². The maximum atomic E-state index is 13.7. The lowest BCUT2D eigenvalue weighted by atomic mass is 10.2. The van der Waals surface area contributed by atoms with E-state index >= 15 is 0 Å². The molecule has 0 aliphatic carbocycles. The standard InChI is InChI=1S/C16H9ClFNO2/c17-12-7-3-1-5-10(12)9-14-16(20)21-15(19-14)11-6-2-4-8-13(11)18/h1-9H/b14-9+. The predicted octanol–water partition coefficient (Wildman–Crippen LogP) is 3.82. The van der Waals surface area contributed by atoms with Crippen molar-refractivity contribution in [3.8, 4) is 0 Å². The number of cyclic esters (lactones) is 1. The molecule has 3 rings (SSSR count). The smallest absolute Gasteiger partial charge is 0.363 e. The highest BCUT2D eigenvalue weighted by molar-refractivity contribution is 6.32. The summed E-state index contributed by atoms with van der Waals surface area (Å²) in [5, 5.41) is 0.493. The Morgan fingerprint density at radius 3 is 2.57 bits per heavy atom. The van der Waals surface area contributed by atoms with Gasteiger partial charge >= 0.3 is 5.97 Å². The van der Waals surface area contributed by atoms with Gasteiger partial charge in [0.15, 0.2) is 5.70 Å². The monoisotopic (exact) mass is 301 g/mol. The van der Waals surface area contributed by atoms with E-state index in [0.717, 1.165) is 0 Å². The summed E-state index contributed by atoms with van der Waals surface area (Å²) in [4.78, 5) is 15.9. The minimum Gasteiger partial charge on any atom is -0.402 e. The van der Waals surface area contributed by atoms with E-state index in [1.165, 1.54) is 18.2 Å². The van der Waals surface area contributed by atoms with E-state index in [9.17, 15) is 9.18 Å². The molecule has 0 bridgehead atoms. The zero-order valence-electron chi connectivity index (χ0n) is 10.7. The summed E-state index contributed by atoms with van der Waals surface area (Å²) in [5.74, 6) is -1.17. The van der Waals surface area contributed by atoms with Crippen molar-refractivity contribution in [1.82, 2.24) is 0 Å². The van der Waals surface area contributed by atoms with E-state index in [4.69, 9.17) is 16.3 Å². The second-order valence-corrected chi connectivity index (χ2v) is 4.74. The summed E-state index contributed by atoms with van der Waals surface area (Å²) in [6.07, 6.45) is 1.51. The second-order valence-electron chi connectivity index (χ2n) is 4.34. The quantitative estimate of drug-likeness (QED) is 0.625. The van der Waals surface area contributed by atoms with Crippen LogP contribution in [0.15, 0.2) is 59.2 Å². The number of rotatable bonds is 2. The molecule has 0 N–H and O–H groups in total. The van der Waals surface area contributed by atoms with Crippen molar-refractivity contribution >= 4 is 29.5 Å². The van der Waals surface area contributed by atoms with Crippen LogP contribution < -0.4 is 0 Å². The number of ether oxygens (including phenoxy) is 1. The molecule has 0 saturated heterocycles. The number of hydrogen-bond acceptors (Lipinski definition) is 3. The Kier molecular flexibility index (Phi) is 3.54. The first kappa shape index (κ1) is 13.5. The third-order valence-electron chi connectivity index (χ3n) is 2.92. The molecule has 0 atom stereocenters. The van der Waals surface area contributed by atoms with Gasteiger partial charge in [0, 0.05) is 5.02 Å². The summed E-state index contributed by atoms with van der Waals surface area (Å²) in [7, 11) is 0. The van der Waals surface area contributed by atoms with Gasteiger partial charge in [-0.15, -0.1) is 0 Å². The Balaban J connectivity index is 2.00. The third-order valence-corrected chi connectivity index (χ3v) is 3.27. The van der Waals surface area contributed by atoms with Crippen molar-refractivity contribution in [2.24, 2.45) is 4.99 Å². The van der Waals surface area contributed by atoms with Gasteiger partial charge in [0.25, 0.3) is 0 Å². The van der Waals surface area contributed by atoms with Gasteiger partial charge in [0.2, 0.25) is 5.90 Å². The van der Waals surface area contributed by atoms with Crippen molar-refractivity contribution in [2.45, 2.75) is 0 Å². The molecule has 104 valence electrons. The largest absolute Gasteiger partial charge is 0.402 e. The molecule has 0 radical (unpaired) electrons. The van der Waals surface area contributed by atoms with Crippen LogP contribution in [0.2, 0.25) is 5.02 Å². The Labute approximate surface area is 125 Å². The zero-order valence-corrected chi connectivity index (χ0v) is 11.5. The topological polar surface area (TPSA) is 38.7 Å². The normalized spacial score (nSPS) is 16.0. The van der Waals surface area contributed by atoms with Crippen LogP contribution in [-0.4, -0.2) is 11.9 Å². The van der Waals surface area contributed by atoms with E-state index < -0.39 is 11.8 Å². The summed E-state index contributed by atoms with van der Waals surface area (Å²) in [6.45, 7) is 0. The number of carbonyl (C=O) groups excluding carboxylic acids is 1. The second kappa shape index (κ2) is 5.50. The van der Waals surface area contributed by atoms with Gasteiger partial charge in [-0.1, -0.05) is 41.9 Å². The van der Waals surface area contributed by atoms with Crippen molar-refractivity contribution in [2.75, 3.05) is 0 Å². The van der Waals surface area contributed by atoms with Crippen molar-refractivity contribution < 1.29 is 13.9 Å². The molecule has 5 heteroatoms. The first-order valence-corrected chi connectivity index (χ1v) is 6.55. The van der Waals surface area contributed by atoms with Gasteiger partial charge in [-0.2, -0.15) is 0 Å². The number of esters is 1. The van der Waals surface area contributed by atoms with Gasteiger partial charge in [-0.3, -0.25) is 0 Å². The number of benzene rings is 2. The SMILES string of the molecule is O=C1OC(c2ccccc2F)=N/C1=C/c1ccccc1Cl. The van der Waals surface area contributed by atoms with Crippen LogP contribution in [0.4, 0.5) is 4.39 Å². The molecule has 0 unspecified atom stereocenters. The number of hydrogen-bond donors (Lipinski definition) is 0. The lowest BCUT2D eigenvalue weighted by Crippen LogP contribution is -2.07. The zero-order chi connectivity index (χ0) is 14.8. The fourth-order valence-corrected chi connectivity index (χ4v) is 2.09. The molecule has 2 aromatic carbocycles. The summed E-state index contributed by atoms with van der Waals surface area (Å²) < 4.78 is 18.7. The number of halogens is 2. The molecule has 1 aliphatic rings. The van der Waals surface area contributed by atoms with Crippen LogP contribution in [0.1, 0.15) is 11.1 Å². The molecule has 1 heterocycles. The van der Waals surface area contributed by atoms with E-state index in [-0.39, 0.29) is 17.2 Å². The third kappa shape index (κ3) is 2.71. The van der Waals surface area contributed by atoms with Gasteiger partial charge < -0.3 is 4.74 Å². The van der Waals surface area contributed by atoms with Crippen molar-refractivity contribution in [1.29, 1.82) is 0 Å². The van der Waals surface area contributed by atoms with Crippen LogP contribution in [0.25, 0.3) is 6.08 Å². The van der Waals surface area contributed by atoms with Gasteiger partial charge in [-0.05, 0) is 29.8 Å². The van der Waals surface area contributed by atoms with E-state index in [1.54, 1.807) is 36.4 Å².